The van der Waals surface area contributed by atoms with Crippen LogP contribution >= 0.6 is 0 Å². The van der Waals surface area contributed by atoms with Crippen molar-refractivity contribution in [2.45, 2.75) is 0 Å². The molecule has 9 nitrogen and oxygen atoms in total. The molecule has 0 atom stereocenters. The minimum absolute atomic E-state index is 0.167. The van der Waals surface area contributed by atoms with Gasteiger partial charge in [0.2, 0.25) is 5.91 Å². The average Bonchev–Trinajstić information content (AvgIpc) is 2.42. The average molecular weight is 295 g/mol. The number of primary amides is 1. The van der Waals surface area contributed by atoms with Crippen LogP contribution in [0.2, 0.25) is 0 Å². The number of hydrogen-bond donors (Lipinski definition) is 3. The first-order chi connectivity index (χ1) is 9.82. The normalized spacial score (nSPS) is 9.81. The number of nitrogens with zero attached hydrogens (tertiary/aromatic N) is 2. The first kappa shape index (κ1) is 16.2. The van der Waals surface area contributed by atoms with Gasteiger partial charge < -0.3 is 21.3 Å². The lowest BCUT2D eigenvalue weighted by Gasteiger charge is -2.13. The van der Waals surface area contributed by atoms with Gasteiger partial charge >= 0.3 is 6.03 Å². The minimum Gasteiger partial charge on any atom is -0.378 e. The Morgan fingerprint density at radius 2 is 2.00 bits per heavy atom. The van der Waals surface area contributed by atoms with Gasteiger partial charge in [0.05, 0.1) is 4.92 Å². The third-order valence-electron chi connectivity index (χ3n) is 2.60. The molecule has 0 aliphatic heterocycles. The molecular formula is C12H17N5O4. The van der Waals surface area contributed by atoms with Crippen molar-refractivity contribution in [3.63, 3.8) is 0 Å². The van der Waals surface area contributed by atoms with Crippen LogP contribution in [0.25, 0.3) is 0 Å². The highest BCUT2D eigenvalue weighted by Crippen LogP contribution is 2.25. The summed E-state index contributed by atoms with van der Waals surface area (Å²) in [6.07, 6.45) is 0. The number of nitrogens with two attached hydrogens (primary N) is 1. The molecular weight excluding hydrogens is 278 g/mol. The number of carbonyl (C=O) groups is 2. The molecule has 0 heterocycles. The van der Waals surface area contributed by atoms with Crippen LogP contribution in [0.4, 0.5) is 16.2 Å². The van der Waals surface area contributed by atoms with E-state index in [9.17, 15) is 19.7 Å². The van der Waals surface area contributed by atoms with Crippen molar-refractivity contribution in [2.24, 2.45) is 5.73 Å². The minimum atomic E-state index is -0.672. The number of anilines is 1. The fraction of sp³-hybridized carbons (Fsp3) is 0.333. The molecule has 0 aliphatic carbocycles. The van der Waals surface area contributed by atoms with E-state index in [1.807, 2.05) is 0 Å². The van der Waals surface area contributed by atoms with E-state index in [1.165, 1.54) is 23.1 Å². The van der Waals surface area contributed by atoms with Crippen molar-refractivity contribution in [1.29, 1.82) is 0 Å². The molecule has 0 aliphatic rings. The highest BCUT2D eigenvalue weighted by molar-refractivity contribution is 5.94. The fourth-order valence-corrected chi connectivity index (χ4v) is 1.51. The lowest BCUT2D eigenvalue weighted by molar-refractivity contribution is -0.384. The van der Waals surface area contributed by atoms with Gasteiger partial charge in [0.15, 0.2) is 0 Å². The largest absolute Gasteiger partial charge is 0.378 e. The second-order valence-electron chi connectivity index (χ2n) is 4.41. The molecule has 21 heavy (non-hydrogen) atoms. The number of hydrogen-bond acceptors (Lipinski definition) is 5. The van der Waals surface area contributed by atoms with E-state index in [1.54, 1.807) is 14.1 Å². The van der Waals surface area contributed by atoms with Gasteiger partial charge in [-0.2, -0.15) is 0 Å². The molecule has 1 rings (SSSR count). The van der Waals surface area contributed by atoms with Crippen LogP contribution in [0.5, 0.6) is 0 Å². The Balaban J connectivity index is 2.72. The van der Waals surface area contributed by atoms with E-state index in [0.29, 0.717) is 0 Å². The van der Waals surface area contributed by atoms with E-state index < -0.39 is 10.8 Å². The number of rotatable bonds is 6. The van der Waals surface area contributed by atoms with E-state index in [-0.39, 0.29) is 36.1 Å². The van der Waals surface area contributed by atoms with Crippen molar-refractivity contribution in [2.75, 3.05) is 32.5 Å². The highest BCUT2D eigenvalue weighted by Gasteiger charge is 2.15. The summed E-state index contributed by atoms with van der Waals surface area (Å²) in [5, 5.41) is 16.3. The summed E-state index contributed by atoms with van der Waals surface area (Å²) >= 11 is 0. The second kappa shape index (κ2) is 7.08. The molecule has 9 heteroatoms. The lowest BCUT2D eigenvalue weighted by atomic mass is 10.1. The zero-order valence-corrected chi connectivity index (χ0v) is 11.8. The number of nitro benzene ring substituents is 1. The number of amides is 3. The molecule has 1 aromatic rings. The van der Waals surface area contributed by atoms with Gasteiger partial charge in [0, 0.05) is 38.8 Å². The Bertz CT molecular complexity index is 559. The number of nitrogens with one attached hydrogen (secondary N) is 2. The molecule has 0 fully saturated rings. The molecule has 0 saturated heterocycles. The number of benzene rings is 1. The van der Waals surface area contributed by atoms with Crippen molar-refractivity contribution in [3.05, 3.63) is 33.9 Å². The topological polar surface area (TPSA) is 131 Å². The van der Waals surface area contributed by atoms with Crippen molar-refractivity contribution in [1.82, 2.24) is 10.2 Å². The molecule has 114 valence electrons. The van der Waals surface area contributed by atoms with Gasteiger partial charge in [0.1, 0.15) is 5.69 Å². The summed E-state index contributed by atoms with van der Waals surface area (Å²) in [6, 6.07) is 3.55. The zero-order chi connectivity index (χ0) is 16.0. The smallest absolute Gasteiger partial charge is 0.316 e. The first-order valence-corrected chi connectivity index (χ1v) is 6.10. The Kier molecular flexibility index (Phi) is 5.47. The number of nitro groups is 1. The molecule has 3 amide bonds. The maximum Gasteiger partial charge on any atom is 0.316 e. The van der Waals surface area contributed by atoms with Crippen LogP contribution in [-0.4, -0.2) is 48.9 Å². The van der Waals surface area contributed by atoms with Crippen LogP contribution in [0.1, 0.15) is 10.4 Å². The maximum atomic E-state index is 11.3. The number of carbonyl (C=O) groups excluding carboxylic acids is 2. The first-order valence-electron chi connectivity index (χ1n) is 6.10. The molecule has 4 N–H and O–H groups in total. The van der Waals surface area contributed by atoms with Gasteiger partial charge in [-0.05, 0) is 12.1 Å². The molecule has 0 bridgehead atoms. The van der Waals surface area contributed by atoms with Crippen LogP contribution in [0.15, 0.2) is 18.2 Å². The standard InChI is InChI=1S/C12H17N5O4/c1-16(2)12(19)15-6-5-14-9-7-8(11(13)18)3-4-10(9)17(20)21/h3-4,7,14H,5-6H2,1-2H3,(H2,13,18)(H,15,19). The van der Waals surface area contributed by atoms with Gasteiger partial charge in [-0.15, -0.1) is 0 Å². The summed E-state index contributed by atoms with van der Waals surface area (Å²) in [4.78, 5) is 34.1. The summed E-state index contributed by atoms with van der Waals surface area (Å²) in [5.74, 6) is -0.672. The van der Waals surface area contributed by atoms with E-state index >= 15 is 0 Å². The van der Waals surface area contributed by atoms with Crippen LogP contribution in [-0.2, 0) is 0 Å². The Labute approximate surface area is 121 Å². The van der Waals surface area contributed by atoms with Gasteiger partial charge in [-0.25, -0.2) is 4.79 Å². The quantitative estimate of drug-likeness (QED) is 0.396. The Morgan fingerprint density at radius 3 is 2.52 bits per heavy atom. The maximum absolute atomic E-state index is 11.3. The predicted octanol–water partition coefficient (Wildman–Crippen LogP) is 0.377. The number of urea groups is 1. The molecule has 0 aromatic heterocycles. The van der Waals surface area contributed by atoms with Crippen LogP contribution < -0.4 is 16.4 Å². The summed E-state index contributed by atoms with van der Waals surface area (Å²) in [5.41, 5.74) is 5.31. The Hall–Kier alpha value is -2.84. The van der Waals surface area contributed by atoms with E-state index in [2.05, 4.69) is 10.6 Å². The summed E-state index contributed by atoms with van der Waals surface area (Å²) in [6.45, 7) is 0.539. The predicted molar refractivity (Wildman–Crippen MR) is 77.2 cm³/mol. The second-order valence-corrected chi connectivity index (χ2v) is 4.41. The lowest BCUT2D eigenvalue weighted by Crippen LogP contribution is -2.37. The van der Waals surface area contributed by atoms with Gasteiger partial charge in [-0.3, -0.25) is 14.9 Å². The third-order valence-corrected chi connectivity index (χ3v) is 2.60. The van der Waals surface area contributed by atoms with Gasteiger partial charge in [0.25, 0.3) is 5.69 Å². The van der Waals surface area contributed by atoms with E-state index in [4.69, 9.17) is 5.73 Å². The highest BCUT2D eigenvalue weighted by atomic mass is 16.6. The Morgan fingerprint density at radius 1 is 1.33 bits per heavy atom. The molecule has 0 unspecified atom stereocenters. The van der Waals surface area contributed by atoms with Crippen molar-refractivity contribution >= 4 is 23.3 Å². The van der Waals surface area contributed by atoms with E-state index in [0.717, 1.165) is 0 Å². The molecule has 0 spiro atoms. The zero-order valence-electron chi connectivity index (χ0n) is 11.8. The van der Waals surface area contributed by atoms with Gasteiger partial charge in [-0.1, -0.05) is 0 Å². The van der Waals surface area contributed by atoms with Crippen LogP contribution in [0.3, 0.4) is 0 Å². The monoisotopic (exact) mass is 295 g/mol. The molecule has 0 radical (unpaired) electrons. The summed E-state index contributed by atoms with van der Waals surface area (Å²) < 4.78 is 0. The molecule has 0 saturated carbocycles. The van der Waals surface area contributed by atoms with Crippen LogP contribution in [0, 0.1) is 10.1 Å². The fourth-order valence-electron chi connectivity index (χ4n) is 1.51. The molecule has 1 aromatic carbocycles. The summed E-state index contributed by atoms with van der Waals surface area (Å²) in [7, 11) is 3.20. The van der Waals surface area contributed by atoms with Crippen molar-refractivity contribution in [3.8, 4) is 0 Å². The SMILES string of the molecule is CN(C)C(=O)NCCNc1cc(C(N)=O)ccc1[N+](=O)[O-]. The third kappa shape index (κ3) is 4.64. The van der Waals surface area contributed by atoms with Crippen molar-refractivity contribution < 1.29 is 14.5 Å².